The molecule has 0 saturated heterocycles. The quantitative estimate of drug-likeness (QED) is 0.0342. The van der Waals surface area contributed by atoms with Crippen molar-refractivity contribution < 1.29 is 0 Å². The number of rotatable bonds is 30. The van der Waals surface area contributed by atoms with Gasteiger partial charge >= 0.3 is 0 Å². The van der Waals surface area contributed by atoms with Crippen molar-refractivity contribution in [2.45, 2.75) is 248 Å². The lowest BCUT2D eigenvalue weighted by molar-refractivity contribution is 0.663. The lowest BCUT2D eigenvalue weighted by Gasteiger charge is -2.20. The second-order valence-corrected chi connectivity index (χ2v) is 18.7. The molecule has 0 aliphatic heterocycles. The standard InChI is InChI=1S/C56H86N4/c1-9-15-21-27-33-43-39-41(7)45(35-29-23-17-11-3)51-49(43)57-53-47(37-31-25-19-13-5)56-54(48(55(53)59-51)38-32-26-20-14-6)58-50-44(34-28-22-16-10-2)40-42(8)46(52(50)60-56)36-30-24-18-12-4/h39-40H,9-38H2,1-8H3. The number of unbranched alkanes of at least 4 members (excludes halogenated alkanes) is 18. The highest BCUT2D eigenvalue weighted by Crippen LogP contribution is 2.38. The molecule has 4 heteroatoms. The lowest BCUT2D eigenvalue weighted by Crippen LogP contribution is -2.08. The van der Waals surface area contributed by atoms with Gasteiger partial charge in [0.05, 0.1) is 44.1 Å². The number of benzene rings is 3. The Morgan fingerprint density at radius 3 is 0.783 bits per heavy atom. The van der Waals surface area contributed by atoms with Gasteiger partial charge in [0.2, 0.25) is 0 Å². The maximum absolute atomic E-state index is 5.93. The van der Waals surface area contributed by atoms with Gasteiger partial charge in [0.15, 0.2) is 0 Å². The Kier molecular flexibility index (Phi) is 20.5. The van der Waals surface area contributed by atoms with Gasteiger partial charge in [-0.2, -0.15) is 0 Å². The number of aromatic nitrogens is 4. The highest BCUT2D eigenvalue weighted by Gasteiger charge is 2.24. The molecule has 0 atom stereocenters. The van der Waals surface area contributed by atoms with E-state index in [1.54, 1.807) is 0 Å². The van der Waals surface area contributed by atoms with Crippen molar-refractivity contribution >= 4 is 44.1 Å². The zero-order valence-corrected chi connectivity index (χ0v) is 40.2. The predicted molar refractivity (Wildman–Crippen MR) is 264 cm³/mol. The van der Waals surface area contributed by atoms with Crippen LogP contribution in [0, 0.1) is 13.8 Å². The van der Waals surface area contributed by atoms with E-state index in [-0.39, 0.29) is 0 Å². The molecule has 2 heterocycles. The summed E-state index contributed by atoms with van der Waals surface area (Å²) in [5, 5.41) is 0. The Morgan fingerprint density at radius 2 is 0.500 bits per heavy atom. The molecule has 0 bridgehead atoms. The number of aryl methyl sites for hydroxylation is 8. The van der Waals surface area contributed by atoms with Gasteiger partial charge in [-0.15, -0.1) is 0 Å². The van der Waals surface area contributed by atoms with Gasteiger partial charge in [0, 0.05) is 11.1 Å². The normalized spacial score (nSPS) is 12.0. The van der Waals surface area contributed by atoms with Crippen LogP contribution in [0.2, 0.25) is 0 Å². The van der Waals surface area contributed by atoms with Crippen LogP contribution in [0.4, 0.5) is 0 Å². The van der Waals surface area contributed by atoms with Crippen LogP contribution in [0.3, 0.4) is 0 Å². The van der Waals surface area contributed by atoms with Crippen molar-refractivity contribution in [2.75, 3.05) is 0 Å². The first kappa shape index (κ1) is 47.9. The zero-order chi connectivity index (χ0) is 42.7. The summed E-state index contributed by atoms with van der Waals surface area (Å²) in [5.74, 6) is 0. The van der Waals surface area contributed by atoms with Crippen LogP contribution in [0.25, 0.3) is 44.1 Å². The van der Waals surface area contributed by atoms with Gasteiger partial charge in [-0.1, -0.05) is 169 Å². The van der Waals surface area contributed by atoms with Crippen LogP contribution in [0.15, 0.2) is 12.1 Å². The van der Waals surface area contributed by atoms with E-state index in [1.807, 2.05) is 0 Å². The molecule has 0 saturated carbocycles. The minimum Gasteiger partial charge on any atom is -0.244 e. The average Bonchev–Trinajstić information content (AvgIpc) is 3.25. The molecular formula is C56H86N4. The Labute approximate surface area is 367 Å². The first-order chi connectivity index (χ1) is 29.4. The molecule has 60 heavy (non-hydrogen) atoms. The van der Waals surface area contributed by atoms with Crippen LogP contribution < -0.4 is 0 Å². The second-order valence-electron chi connectivity index (χ2n) is 18.7. The Hall–Kier alpha value is -3.14. The summed E-state index contributed by atoms with van der Waals surface area (Å²) in [6, 6.07) is 5.00. The molecule has 3 aromatic carbocycles. The summed E-state index contributed by atoms with van der Waals surface area (Å²) in [5.41, 5.74) is 20.2. The minimum atomic E-state index is 0.979. The topological polar surface area (TPSA) is 51.6 Å². The summed E-state index contributed by atoms with van der Waals surface area (Å²) < 4.78 is 0. The van der Waals surface area contributed by atoms with Crippen molar-refractivity contribution in [3.8, 4) is 0 Å². The Morgan fingerprint density at radius 1 is 0.267 bits per heavy atom. The maximum Gasteiger partial charge on any atom is 0.0952 e. The zero-order valence-electron chi connectivity index (χ0n) is 40.2. The van der Waals surface area contributed by atoms with Crippen LogP contribution in [0.5, 0.6) is 0 Å². The molecule has 0 amide bonds. The van der Waals surface area contributed by atoms with E-state index >= 15 is 0 Å². The number of hydrogen-bond donors (Lipinski definition) is 0. The van der Waals surface area contributed by atoms with Crippen molar-refractivity contribution in [3.05, 3.63) is 56.6 Å². The third-order valence-electron chi connectivity index (χ3n) is 13.6. The largest absolute Gasteiger partial charge is 0.244 e. The molecule has 0 aliphatic carbocycles. The van der Waals surface area contributed by atoms with Crippen molar-refractivity contribution in [3.63, 3.8) is 0 Å². The lowest BCUT2D eigenvalue weighted by atomic mass is 9.92. The van der Waals surface area contributed by atoms with E-state index in [9.17, 15) is 0 Å². The minimum absolute atomic E-state index is 0.979. The summed E-state index contributed by atoms with van der Waals surface area (Å²) >= 11 is 0. The molecule has 5 aromatic rings. The molecule has 4 nitrogen and oxygen atoms in total. The second kappa shape index (κ2) is 25.7. The van der Waals surface area contributed by atoms with Gasteiger partial charge < -0.3 is 0 Å². The number of fused-ring (bicyclic) bond motifs is 4. The molecule has 2 aromatic heterocycles. The first-order valence-corrected chi connectivity index (χ1v) is 25.8. The van der Waals surface area contributed by atoms with E-state index < -0.39 is 0 Å². The fraction of sp³-hybridized carbons (Fsp3) is 0.679. The fourth-order valence-electron chi connectivity index (χ4n) is 9.90. The third-order valence-corrected chi connectivity index (χ3v) is 13.6. The SMILES string of the molecule is CCCCCCc1cc(C)c(CCCCCC)c2nc3c(CCCCCC)c4nc5c(CCCCCC)cc(C)c(CCCCCC)c5nc4c(CCCCCC)c3nc12. The van der Waals surface area contributed by atoms with Gasteiger partial charge in [0.1, 0.15) is 0 Å². The van der Waals surface area contributed by atoms with Gasteiger partial charge in [-0.3, -0.25) is 0 Å². The predicted octanol–water partition coefficient (Wildman–Crippen LogP) is 17.2. The van der Waals surface area contributed by atoms with Gasteiger partial charge in [-0.05, 0) is 124 Å². The molecule has 0 fully saturated rings. The highest BCUT2D eigenvalue weighted by atomic mass is 14.9. The smallest absolute Gasteiger partial charge is 0.0952 e. The molecular weight excluding hydrogens is 729 g/mol. The molecule has 5 rings (SSSR count). The van der Waals surface area contributed by atoms with E-state index in [1.165, 1.54) is 197 Å². The van der Waals surface area contributed by atoms with Crippen molar-refractivity contribution in [2.24, 2.45) is 0 Å². The van der Waals surface area contributed by atoms with E-state index in [2.05, 4.69) is 67.5 Å². The molecule has 0 spiro atoms. The third kappa shape index (κ3) is 12.5. The van der Waals surface area contributed by atoms with Gasteiger partial charge in [0.25, 0.3) is 0 Å². The van der Waals surface area contributed by atoms with Crippen LogP contribution in [-0.4, -0.2) is 19.9 Å². The first-order valence-electron chi connectivity index (χ1n) is 25.8. The molecule has 330 valence electrons. The number of hydrogen-bond acceptors (Lipinski definition) is 4. The molecule has 0 unspecified atom stereocenters. The van der Waals surface area contributed by atoms with Gasteiger partial charge in [-0.25, -0.2) is 19.9 Å². The maximum atomic E-state index is 5.93. The molecule has 0 aliphatic rings. The average molecular weight is 815 g/mol. The van der Waals surface area contributed by atoms with E-state index in [0.717, 1.165) is 84.5 Å². The number of nitrogens with zero attached hydrogens (tertiary/aromatic N) is 4. The van der Waals surface area contributed by atoms with E-state index in [4.69, 9.17) is 19.9 Å². The summed E-state index contributed by atoms with van der Waals surface area (Å²) in [4.78, 5) is 23.7. The van der Waals surface area contributed by atoms with Crippen molar-refractivity contribution in [1.29, 1.82) is 0 Å². The van der Waals surface area contributed by atoms with E-state index in [0.29, 0.717) is 0 Å². The molecule has 0 N–H and O–H groups in total. The molecule has 0 radical (unpaired) electrons. The van der Waals surface area contributed by atoms with Crippen LogP contribution >= 0.6 is 0 Å². The van der Waals surface area contributed by atoms with Crippen LogP contribution in [0.1, 0.15) is 240 Å². The highest BCUT2D eigenvalue weighted by molar-refractivity contribution is 6.05. The fourth-order valence-corrected chi connectivity index (χ4v) is 9.90. The summed E-state index contributed by atoms with van der Waals surface area (Å²) in [7, 11) is 0. The Bertz CT molecular complexity index is 1930. The van der Waals surface area contributed by atoms with Crippen molar-refractivity contribution in [1.82, 2.24) is 19.9 Å². The Balaban J connectivity index is 1.88. The van der Waals surface area contributed by atoms with Crippen LogP contribution in [-0.2, 0) is 38.5 Å². The summed E-state index contributed by atoms with van der Waals surface area (Å²) in [6.45, 7) is 18.6. The monoisotopic (exact) mass is 815 g/mol. The summed E-state index contributed by atoms with van der Waals surface area (Å²) in [6.07, 6.45) is 36.1.